The second-order valence-electron chi connectivity index (χ2n) is 6.26. The van der Waals surface area contributed by atoms with Gasteiger partial charge in [-0.15, -0.1) is 0 Å². The predicted octanol–water partition coefficient (Wildman–Crippen LogP) is 1.52. The third kappa shape index (κ3) is 3.57. The van der Waals surface area contributed by atoms with Crippen molar-refractivity contribution in [2.45, 2.75) is 18.9 Å². The Labute approximate surface area is 128 Å². The zero-order chi connectivity index (χ0) is 14.7. The molecular formula is C17H27N3O. The summed E-state index contributed by atoms with van der Waals surface area (Å²) in [6.07, 6.45) is 2.40. The molecule has 1 unspecified atom stereocenters. The SMILES string of the molecule is COc1ccc2c(c1)C(NCCN1CCN(C)CC1)CC2. The van der Waals surface area contributed by atoms with Gasteiger partial charge in [-0.05, 0) is 43.1 Å². The normalized spacial score (nSPS) is 23.2. The highest BCUT2D eigenvalue weighted by molar-refractivity contribution is 5.40. The van der Waals surface area contributed by atoms with Crippen molar-refractivity contribution in [1.82, 2.24) is 15.1 Å². The van der Waals surface area contributed by atoms with Crippen LogP contribution in [0.1, 0.15) is 23.6 Å². The fourth-order valence-electron chi connectivity index (χ4n) is 3.39. The fourth-order valence-corrected chi connectivity index (χ4v) is 3.39. The van der Waals surface area contributed by atoms with Gasteiger partial charge in [0.1, 0.15) is 5.75 Å². The highest BCUT2D eigenvalue weighted by atomic mass is 16.5. The van der Waals surface area contributed by atoms with Crippen LogP contribution in [0, 0.1) is 0 Å². The van der Waals surface area contributed by atoms with E-state index < -0.39 is 0 Å². The summed E-state index contributed by atoms with van der Waals surface area (Å²) in [4.78, 5) is 4.97. The first kappa shape index (κ1) is 14.8. The number of hydrogen-bond acceptors (Lipinski definition) is 4. The molecule has 1 atom stereocenters. The van der Waals surface area contributed by atoms with Crippen molar-refractivity contribution in [2.75, 3.05) is 53.4 Å². The smallest absolute Gasteiger partial charge is 0.119 e. The quantitative estimate of drug-likeness (QED) is 0.889. The zero-order valence-corrected chi connectivity index (χ0v) is 13.3. The van der Waals surface area contributed by atoms with E-state index in [1.54, 1.807) is 7.11 Å². The van der Waals surface area contributed by atoms with Crippen LogP contribution in [0.4, 0.5) is 0 Å². The second-order valence-corrected chi connectivity index (χ2v) is 6.26. The summed E-state index contributed by atoms with van der Waals surface area (Å²) < 4.78 is 5.36. The molecule has 0 amide bonds. The molecule has 1 heterocycles. The standard InChI is InChI=1S/C17H27N3O/c1-19-9-11-20(12-10-19)8-7-18-17-6-4-14-3-5-15(21-2)13-16(14)17/h3,5,13,17-18H,4,6-12H2,1-2H3. The number of ether oxygens (including phenoxy) is 1. The Morgan fingerprint density at radius 3 is 2.81 bits per heavy atom. The van der Waals surface area contributed by atoms with Crippen LogP contribution in [0.5, 0.6) is 5.75 Å². The van der Waals surface area contributed by atoms with E-state index in [0.29, 0.717) is 6.04 Å². The predicted molar refractivity (Wildman–Crippen MR) is 86.0 cm³/mol. The van der Waals surface area contributed by atoms with Crippen LogP contribution in [0.25, 0.3) is 0 Å². The van der Waals surface area contributed by atoms with Crippen molar-refractivity contribution in [1.29, 1.82) is 0 Å². The summed E-state index contributed by atoms with van der Waals surface area (Å²) in [5.74, 6) is 0.974. The Bertz CT molecular complexity index is 469. The van der Waals surface area contributed by atoms with Gasteiger partial charge in [-0.3, -0.25) is 4.90 Å². The summed E-state index contributed by atoms with van der Waals surface area (Å²) in [7, 11) is 3.95. The van der Waals surface area contributed by atoms with E-state index in [9.17, 15) is 0 Å². The molecule has 4 nitrogen and oxygen atoms in total. The minimum absolute atomic E-state index is 0.502. The number of methoxy groups -OCH3 is 1. The van der Waals surface area contributed by atoms with Crippen LogP contribution in [0.2, 0.25) is 0 Å². The van der Waals surface area contributed by atoms with Crippen molar-refractivity contribution in [3.8, 4) is 5.75 Å². The summed E-state index contributed by atoms with van der Waals surface area (Å²) in [5.41, 5.74) is 2.92. The third-order valence-electron chi connectivity index (χ3n) is 4.85. The van der Waals surface area contributed by atoms with Gasteiger partial charge in [0.15, 0.2) is 0 Å². The van der Waals surface area contributed by atoms with Crippen molar-refractivity contribution < 1.29 is 4.74 Å². The molecule has 116 valence electrons. The van der Waals surface area contributed by atoms with E-state index in [-0.39, 0.29) is 0 Å². The number of nitrogens with one attached hydrogen (secondary N) is 1. The molecular weight excluding hydrogens is 262 g/mol. The molecule has 1 aliphatic heterocycles. The number of nitrogens with zero attached hydrogens (tertiary/aromatic N) is 2. The van der Waals surface area contributed by atoms with Gasteiger partial charge in [0.2, 0.25) is 0 Å². The van der Waals surface area contributed by atoms with Gasteiger partial charge >= 0.3 is 0 Å². The Morgan fingerprint density at radius 2 is 2.05 bits per heavy atom. The Balaban J connectivity index is 1.49. The monoisotopic (exact) mass is 289 g/mol. The van der Waals surface area contributed by atoms with Crippen LogP contribution in [0.3, 0.4) is 0 Å². The maximum atomic E-state index is 5.36. The third-order valence-corrected chi connectivity index (χ3v) is 4.85. The molecule has 1 aromatic rings. The average molecular weight is 289 g/mol. The number of fused-ring (bicyclic) bond motifs is 1. The molecule has 0 saturated carbocycles. The summed E-state index contributed by atoms with van der Waals surface area (Å²) in [6, 6.07) is 7.00. The largest absolute Gasteiger partial charge is 0.497 e. The molecule has 21 heavy (non-hydrogen) atoms. The lowest BCUT2D eigenvalue weighted by atomic mass is 10.1. The number of aryl methyl sites for hydroxylation is 1. The first-order valence-electron chi connectivity index (χ1n) is 8.07. The Morgan fingerprint density at radius 1 is 1.24 bits per heavy atom. The van der Waals surface area contributed by atoms with Crippen molar-refractivity contribution in [3.05, 3.63) is 29.3 Å². The molecule has 3 rings (SSSR count). The average Bonchev–Trinajstić information content (AvgIpc) is 2.91. The Kier molecular flexibility index (Phi) is 4.78. The molecule has 1 aromatic carbocycles. The highest BCUT2D eigenvalue weighted by Crippen LogP contribution is 2.33. The maximum absolute atomic E-state index is 5.36. The van der Waals surface area contributed by atoms with Gasteiger partial charge in [-0.2, -0.15) is 0 Å². The van der Waals surface area contributed by atoms with Gasteiger partial charge < -0.3 is 15.0 Å². The van der Waals surface area contributed by atoms with E-state index in [1.807, 2.05) is 0 Å². The number of likely N-dealkylation sites (N-methyl/N-ethyl adjacent to an activating group) is 1. The van der Waals surface area contributed by atoms with E-state index >= 15 is 0 Å². The maximum Gasteiger partial charge on any atom is 0.119 e. The van der Waals surface area contributed by atoms with Gasteiger partial charge in [0.25, 0.3) is 0 Å². The van der Waals surface area contributed by atoms with E-state index in [2.05, 4.69) is 40.4 Å². The molecule has 2 aliphatic rings. The van der Waals surface area contributed by atoms with Crippen LogP contribution < -0.4 is 10.1 Å². The molecule has 0 aromatic heterocycles. The van der Waals surface area contributed by atoms with E-state index in [1.165, 1.54) is 50.1 Å². The van der Waals surface area contributed by atoms with Gasteiger partial charge in [0, 0.05) is 45.3 Å². The lowest BCUT2D eigenvalue weighted by Crippen LogP contribution is -2.46. The van der Waals surface area contributed by atoms with Crippen LogP contribution in [0.15, 0.2) is 18.2 Å². The molecule has 0 radical (unpaired) electrons. The Hall–Kier alpha value is -1.10. The number of benzene rings is 1. The van der Waals surface area contributed by atoms with Crippen molar-refractivity contribution in [3.63, 3.8) is 0 Å². The number of hydrogen-bond donors (Lipinski definition) is 1. The molecule has 1 fully saturated rings. The van der Waals surface area contributed by atoms with Crippen LogP contribution in [-0.2, 0) is 6.42 Å². The first-order chi connectivity index (χ1) is 10.3. The molecule has 1 aliphatic carbocycles. The van der Waals surface area contributed by atoms with Gasteiger partial charge in [-0.1, -0.05) is 6.07 Å². The van der Waals surface area contributed by atoms with Crippen molar-refractivity contribution >= 4 is 0 Å². The molecule has 4 heteroatoms. The minimum Gasteiger partial charge on any atom is -0.497 e. The summed E-state index contributed by atoms with van der Waals surface area (Å²) >= 11 is 0. The molecule has 0 bridgehead atoms. The topological polar surface area (TPSA) is 27.7 Å². The number of piperazine rings is 1. The minimum atomic E-state index is 0.502. The van der Waals surface area contributed by atoms with Gasteiger partial charge in [-0.25, -0.2) is 0 Å². The molecule has 1 saturated heterocycles. The lowest BCUT2D eigenvalue weighted by molar-refractivity contribution is 0.153. The molecule has 0 spiro atoms. The van der Waals surface area contributed by atoms with Gasteiger partial charge in [0.05, 0.1) is 7.11 Å². The van der Waals surface area contributed by atoms with E-state index in [4.69, 9.17) is 4.74 Å². The summed E-state index contributed by atoms with van der Waals surface area (Å²) in [6.45, 7) is 7.03. The van der Waals surface area contributed by atoms with E-state index in [0.717, 1.165) is 18.8 Å². The second kappa shape index (κ2) is 6.77. The highest BCUT2D eigenvalue weighted by Gasteiger charge is 2.22. The fraction of sp³-hybridized carbons (Fsp3) is 0.647. The lowest BCUT2D eigenvalue weighted by Gasteiger charge is -2.32. The van der Waals surface area contributed by atoms with Crippen molar-refractivity contribution in [2.24, 2.45) is 0 Å². The van der Waals surface area contributed by atoms with Crippen LogP contribution in [-0.4, -0.2) is 63.2 Å². The summed E-state index contributed by atoms with van der Waals surface area (Å²) in [5, 5.41) is 3.74. The zero-order valence-electron chi connectivity index (χ0n) is 13.3. The first-order valence-corrected chi connectivity index (χ1v) is 8.07. The molecule has 1 N–H and O–H groups in total. The number of rotatable bonds is 5. The van der Waals surface area contributed by atoms with Crippen LogP contribution >= 0.6 is 0 Å².